The van der Waals surface area contributed by atoms with Gasteiger partial charge in [-0.2, -0.15) is 5.10 Å². The van der Waals surface area contributed by atoms with Crippen molar-refractivity contribution in [3.05, 3.63) is 65.9 Å². The Labute approximate surface area is 208 Å². The minimum absolute atomic E-state index is 0.193. The van der Waals surface area contributed by atoms with E-state index in [1.54, 1.807) is 0 Å². The number of piperidine rings is 1. The van der Waals surface area contributed by atoms with Crippen LogP contribution >= 0.6 is 0 Å². The molecule has 8 heteroatoms. The van der Waals surface area contributed by atoms with Crippen molar-refractivity contribution < 1.29 is 19.4 Å². The highest BCUT2D eigenvalue weighted by Crippen LogP contribution is 2.36. The molecule has 1 aromatic heterocycles. The first-order valence-electron chi connectivity index (χ1n) is 12.4. The fourth-order valence-electron chi connectivity index (χ4n) is 4.75. The highest BCUT2D eigenvalue weighted by molar-refractivity contribution is 6.76. The van der Waals surface area contributed by atoms with Gasteiger partial charge in [-0.1, -0.05) is 68.2 Å². The van der Waals surface area contributed by atoms with E-state index in [1.807, 2.05) is 35.1 Å². The van der Waals surface area contributed by atoms with Gasteiger partial charge in [-0.15, -0.1) is 0 Å². The van der Waals surface area contributed by atoms with Crippen molar-refractivity contribution in [2.45, 2.75) is 57.3 Å². The molecule has 2 heterocycles. The molecular weight excluding hydrogens is 458 g/mol. The zero-order chi connectivity index (χ0) is 24.9. The van der Waals surface area contributed by atoms with Crippen LogP contribution in [-0.4, -0.2) is 60.3 Å². The van der Waals surface area contributed by atoms with E-state index < -0.39 is 14.2 Å². The number of hydrogen-bond donors (Lipinski definition) is 1. The van der Waals surface area contributed by atoms with Gasteiger partial charge in [0.15, 0.2) is 0 Å². The number of para-hydroxylation sites is 1. The Bertz CT molecular complexity index is 1120. The molecule has 0 radical (unpaired) electrons. The summed E-state index contributed by atoms with van der Waals surface area (Å²) in [5.41, 5.74) is 3.15. The zero-order valence-corrected chi connectivity index (χ0v) is 22.1. The summed E-state index contributed by atoms with van der Waals surface area (Å²) in [4.78, 5) is 13.0. The molecule has 0 saturated carbocycles. The van der Waals surface area contributed by atoms with Crippen molar-refractivity contribution in [3.8, 4) is 0 Å². The van der Waals surface area contributed by atoms with Crippen LogP contribution in [0.4, 0.5) is 4.79 Å². The second-order valence-electron chi connectivity index (χ2n) is 10.8. The largest absolute Gasteiger partial charge is 0.465 e. The molecule has 0 atom stereocenters. The molecule has 7 nitrogen and oxygen atoms in total. The normalized spacial score (nSPS) is 16.0. The van der Waals surface area contributed by atoms with Crippen LogP contribution in [-0.2, 0) is 28.2 Å². The van der Waals surface area contributed by atoms with Crippen molar-refractivity contribution in [1.29, 1.82) is 0 Å². The van der Waals surface area contributed by atoms with E-state index in [1.165, 1.54) is 10.5 Å². The number of carboxylic acid groups (broad SMARTS) is 1. The van der Waals surface area contributed by atoms with E-state index >= 15 is 0 Å². The van der Waals surface area contributed by atoms with Gasteiger partial charge in [0.05, 0.1) is 24.9 Å². The lowest BCUT2D eigenvalue weighted by Gasteiger charge is -2.41. The lowest BCUT2D eigenvalue weighted by molar-refractivity contribution is 0.0369. The molecule has 35 heavy (non-hydrogen) atoms. The third kappa shape index (κ3) is 6.31. The maximum atomic E-state index is 11.5. The predicted molar refractivity (Wildman–Crippen MR) is 140 cm³/mol. The molecule has 0 bridgehead atoms. The highest BCUT2D eigenvalue weighted by atomic mass is 28.3. The van der Waals surface area contributed by atoms with Gasteiger partial charge in [0.1, 0.15) is 6.73 Å². The fourth-order valence-corrected chi connectivity index (χ4v) is 5.51. The van der Waals surface area contributed by atoms with Crippen molar-refractivity contribution >= 4 is 25.1 Å². The van der Waals surface area contributed by atoms with E-state index in [0.29, 0.717) is 33.0 Å². The van der Waals surface area contributed by atoms with Crippen molar-refractivity contribution in [2.75, 3.05) is 26.3 Å². The Kier molecular flexibility index (Phi) is 7.94. The lowest BCUT2D eigenvalue weighted by atomic mass is 9.73. The average Bonchev–Trinajstić information content (AvgIpc) is 3.26. The second kappa shape index (κ2) is 10.9. The lowest BCUT2D eigenvalue weighted by Crippen LogP contribution is -2.47. The zero-order valence-electron chi connectivity index (χ0n) is 21.1. The number of rotatable bonds is 10. The number of ether oxygens (including phenoxy) is 2. The minimum atomic E-state index is -1.13. The van der Waals surface area contributed by atoms with Crippen LogP contribution in [0.25, 0.3) is 10.9 Å². The number of likely N-dealkylation sites (tertiary alicyclic amines) is 1. The molecule has 2 aromatic carbocycles. The van der Waals surface area contributed by atoms with Gasteiger partial charge in [0.25, 0.3) is 0 Å². The fraction of sp³-hybridized carbons (Fsp3) is 0.481. The SMILES string of the molecule is C[Si](C)(C)CCOCn1ncc2cccc(COCC3(c4ccccc4)CCN(C(=O)O)CC3)c21. The number of amides is 1. The summed E-state index contributed by atoms with van der Waals surface area (Å²) < 4.78 is 14.3. The molecule has 1 fully saturated rings. The Hall–Kier alpha value is -2.68. The highest BCUT2D eigenvalue weighted by Gasteiger charge is 2.37. The molecule has 1 aliphatic heterocycles. The number of fused-ring (bicyclic) bond motifs is 1. The van der Waals surface area contributed by atoms with Crippen LogP contribution in [0.1, 0.15) is 24.0 Å². The topological polar surface area (TPSA) is 76.8 Å². The van der Waals surface area contributed by atoms with Gasteiger partial charge in [-0.25, -0.2) is 9.48 Å². The number of carbonyl (C=O) groups is 1. The first-order chi connectivity index (χ1) is 16.8. The molecule has 0 unspecified atom stereocenters. The number of hydrogen-bond acceptors (Lipinski definition) is 4. The average molecular weight is 496 g/mol. The standard InChI is InChI=1S/C27H37N3O4Si/c1-35(2,3)17-16-33-21-30-25-22(18-28-30)8-7-9-23(25)19-34-20-27(24-10-5-4-6-11-24)12-14-29(15-13-27)26(31)32/h4-11,18H,12-17,19-21H2,1-3H3,(H,31,32). The van der Waals surface area contributed by atoms with Crippen LogP contribution in [0.2, 0.25) is 25.7 Å². The molecule has 188 valence electrons. The third-order valence-electron chi connectivity index (χ3n) is 6.97. The molecule has 0 spiro atoms. The van der Waals surface area contributed by atoms with Crippen molar-refractivity contribution in [3.63, 3.8) is 0 Å². The van der Waals surface area contributed by atoms with E-state index in [9.17, 15) is 9.90 Å². The Morgan fingerprint density at radius 1 is 1.06 bits per heavy atom. The summed E-state index contributed by atoms with van der Waals surface area (Å²) in [5, 5.41) is 15.0. The number of nitrogens with zero attached hydrogens (tertiary/aromatic N) is 3. The van der Waals surface area contributed by atoms with Gasteiger partial charge in [-0.05, 0) is 24.4 Å². The monoisotopic (exact) mass is 495 g/mol. The van der Waals surface area contributed by atoms with E-state index in [-0.39, 0.29) is 5.41 Å². The van der Waals surface area contributed by atoms with E-state index in [4.69, 9.17) is 9.47 Å². The van der Waals surface area contributed by atoms with Crippen molar-refractivity contribution in [1.82, 2.24) is 14.7 Å². The summed E-state index contributed by atoms with van der Waals surface area (Å²) in [6.45, 7) is 10.3. The van der Waals surface area contributed by atoms with Gasteiger partial charge in [-0.3, -0.25) is 0 Å². The Morgan fingerprint density at radius 3 is 2.49 bits per heavy atom. The van der Waals surface area contributed by atoms with Crippen LogP contribution in [0.5, 0.6) is 0 Å². The van der Waals surface area contributed by atoms with Crippen molar-refractivity contribution in [2.24, 2.45) is 0 Å². The number of aromatic nitrogens is 2. The predicted octanol–water partition coefficient (Wildman–Crippen LogP) is 5.58. The quantitative estimate of drug-likeness (QED) is 0.294. The molecule has 1 N–H and O–H groups in total. The first-order valence-corrected chi connectivity index (χ1v) is 16.1. The van der Waals surface area contributed by atoms with Crippen LogP contribution in [0.3, 0.4) is 0 Å². The van der Waals surface area contributed by atoms with Gasteiger partial charge in [0.2, 0.25) is 0 Å². The summed E-state index contributed by atoms with van der Waals surface area (Å²) in [5.74, 6) is 0. The molecule has 1 saturated heterocycles. The minimum Gasteiger partial charge on any atom is -0.465 e. The smallest absolute Gasteiger partial charge is 0.407 e. The third-order valence-corrected chi connectivity index (χ3v) is 8.67. The molecular formula is C27H37N3O4Si. The summed E-state index contributed by atoms with van der Waals surface area (Å²) >= 11 is 0. The molecule has 1 amide bonds. The summed E-state index contributed by atoms with van der Waals surface area (Å²) in [6.07, 6.45) is 2.53. The van der Waals surface area contributed by atoms with Gasteiger partial charge >= 0.3 is 6.09 Å². The molecule has 3 aromatic rings. The van der Waals surface area contributed by atoms with E-state index in [2.05, 4.69) is 49.0 Å². The van der Waals surface area contributed by atoms with Crippen LogP contribution < -0.4 is 0 Å². The van der Waals surface area contributed by atoms with Crippen LogP contribution in [0, 0.1) is 0 Å². The maximum Gasteiger partial charge on any atom is 0.407 e. The summed E-state index contributed by atoms with van der Waals surface area (Å²) in [6, 6.07) is 17.7. The maximum absolute atomic E-state index is 11.5. The Morgan fingerprint density at radius 2 is 1.80 bits per heavy atom. The van der Waals surface area contributed by atoms with Gasteiger partial charge in [0, 0.05) is 44.1 Å². The summed E-state index contributed by atoms with van der Waals surface area (Å²) in [7, 11) is -1.13. The first kappa shape index (κ1) is 25.4. The second-order valence-corrected chi connectivity index (χ2v) is 16.4. The molecule has 1 aliphatic rings. The molecule has 0 aliphatic carbocycles. The number of benzene rings is 2. The Balaban J connectivity index is 1.45. The molecule has 4 rings (SSSR count). The van der Waals surface area contributed by atoms with Crippen LogP contribution in [0.15, 0.2) is 54.7 Å². The van der Waals surface area contributed by atoms with E-state index in [0.717, 1.165) is 42.0 Å². The van der Waals surface area contributed by atoms with Gasteiger partial charge < -0.3 is 19.5 Å².